The van der Waals surface area contributed by atoms with Crippen molar-refractivity contribution in [3.05, 3.63) is 65.8 Å². The first-order valence-corrected chi connectivity index (χ1v) is 12.2. The van der Waals surface area contributed by atoms with Crippen molar-refractivity contribution < 1.29 is 13.6 Å². The van der Waals surface area contributed by atoms with Crippen LogP contribution in [0.4, 0.5) is 16.0 Å². The molecule has 3 heterocycles. The van der Waals surface area contributed by atoms with Crippen LogP contribution >= 0.6 is 0 Å². The molecule has 11 heteroatoms. The molecular formula is C26H29FN8O2. The summed E-state index contributed by atoms with van der Waals surface area (Å²) in [6, 6.07) is 7.22. The van der Waals surface area contributed by atoms with E-state index >= 15 is 0 Å². The minimum absolute atomic E-state index is 0.0984. The number of halogens is 1. The van der Waals surface area contributed by atoms with Crippen molar-refractivity contribution in [3.8, 4) is 11.3 Å². The Labute approximate surface area is 213 Å². The number of anilines is 2. The number of carbonyl (C=O) groups is 1. The van der Waals surface area contributed by atoms with Crippen LogP contribution in [0.1, 0.15) is 67.4 Å². The number of nitrogens with one attached hydrogen (secondary N) is 2. The fraction of sp³-hybridized carbons (Fsp3) is 0.385. The van der Waals surface area contributed by atoms with Crippen molar-refractivity contribution in [2.24, 2.45) is 7.05 Å². The van der Waals surface area contributed by atoms with Crippen molar-refractivity contribution in [2.45, 2.75) is 57.7 Å². The van der Waals surface area contributed by atoms with Crippen molar-refractivity contribution in [1.82, 2.24) is 35.3 Å². The lowest BCUT2D eigenvalue weighted by Crippen LogP contribution is -2.29. The Bertz CT molecular complexity index is 1420. The van der Waals surface area contributed by atoms with E-state index < -0.39 is 12.1 Å². The second-order valence-corrected chi connectivity index (χ2v) is 10.3. The monoisotopic (exact) mass is 504 g/mol. The molecule has 0 unspecified atom stereocenters. The Balaban J connectivity index is 1.39. The number of hydrogen-bond donors (Lipinski definition) is 2. The first-order chi connectivity index (χ1) is 17.7. The van der Waals surface area contributed by atoms with Gasteiger partial charge in [-0.15, -0.1) is 10.2 Å². The summed E-state index contributed by atoms with van der Waals surface area (Å²) >= 11 is 0. The highest BCUT2D eigenvalue weighted by Gasteiger charge is 2.29. The van der Waals surface area contributed by atoms with E-state index in [2.05, 4.69) is 35.9 Å². The van der Waals surface area contributed by atoms with E-state index in [4.69, 9.17) is 4.42 Å². The fourth-order valence-corrected chi connectivity index (χ4v) is 4.31. The normalized spacial score (nSPS) is 17.6. The lowest BCUT2D eigenvalue weighted by atomic mass is 9.95. The first-order valence-electron chi connectivity index (χ1n) is 12.2. The van der Waals surface area contributed by atoms with Gasteiger partial charge in [0.25, 0.3) is 0 Å². The van der Waals surface area contributed by atoms with Gasteiger partial charge in [0.1, 0.15) is 6.17 Å². The second-order valence-electron chi connectivity index (χ2n) is 10.3. The van der Waals surface area contributed by atoms with Crippen molar-refractivity contribution >= 4 is 17.5 Å². The maximum atomic E-state index is 14.7. The van der Waals surface area contributed by atoms with Gasteiger partial charge in [0, 0.05) is 36.8 Å². The summed E-state index contributed by atoms with van der Waals surface area (Å²) in [5.74, 6) is 0.249. The van der Waals surface area contributed by atoms with Gasteiger partial charge in [0.15, 0.2) is 0 Å². The third-order valence-electron chi connectivity index (χ3n) is 6.21. The topological polar surface area (TPSA) is 124 Å². The van der Waals surface area contributed by atoms with E-state index in [1.165, 1.54) is 0 Å². The van der Waals surface area contributed by atoms with Gasteiger partial charge < -0.3 is 15.1 Å². The fourth-order valence-electron chi connectivity index (χ4n) is 4.31. The van der Waals surface area contributed by atoms with E-state index in [0.29, 0.717) is 30.4 Å². The smallest absolute Gasteiger partial charge is 0.309 e. The summed E-state index contributed by atoms with van der Waals surface area (Å²) in [5, 5.41) is 18.1. The third kappa shape index (κ3) is 5.50. The van der Waals surface area contributed by atoms with Crippen LogP contribution in [0.3, 0.4) is 0 Å². The van der Waals surface area contributed by atoms with Crippen molar-refractivity contribution in [2.75, 3.05) is 5.32 Å². The molecule has 37 heavy (non-hydrogen) atoms. The lowest BCUT2D eigenvalue weighted by molar-refractivity contribution is 0.0894. The number of nitrogens with zero attached hydrogens (tertiary/aromatic N) is 6. The average molecular weight is 505 g/mol. The molecule has 1 amide bonds. The van der Waals surface area contributed by atoms with Gasteiger partial charge >= 0.3 is 11.8 Å². The van der Waals surface area contributed by atoms with Gasteiger partial charge in [-0.3, -0.25) is 9.48 Å². The molecule has 0 fully saturated rings. The van der Waals surface area contributed by atoms with Gasteiger partial charge in [-0.2, -0.15) is 5.10 Å². The molecule has 192 valence electrons. The van der Waals surface area contributed by atoms with E-state index in [9.17, 15) is 9.18 Å². The van der Waals surface area contributed by atoms with Gasteiger partial charge in [-0.1, -0.05) is 32.9 Å². The molecule has 10 nitrogen and oxygen atoms in total. The van der Waals surface area contributed by atoms with Crippen LogP contribution < -0.4 is 10.6 Å². The Morgan fingerprint density at radius 3 is 2.76 bits per heavy atom. The van der Waals surface area contributed by atoms with Crippen LogP contribution in [-0.4, -0.2) is 42.0 Å². The van der Waals surface area contributed by atoms with Gasteiger partial charge in [0.2, 0.25) is 11.8 Å². The molecule has 0 spiro atoms. The highest BCUT2D eigenvalue weighted by molar-refractivity contribution is 5.89. The highest BCUT2D eigenvalue weighted by atomic mass is 19.1. The number of amides is 1. The molecule has 1 aromatic carbocycles. The summed E-state index contributed by atoms with van der Waals surface area (Å²) in [4.78, 5) is 21.8. The van der Waals surface area contributed by atoms with E-state index in [-0.39, 0.29) is 23.8 Å². The summed E-state index contributed by atoms with van der Waals surface area (Å²) in [7, 11) is 1.83. The molecule has 0 aliphatic heterocycles. The molecule has 2 N–H and O–H groups in total. The average Bonchev–Trinajstić information content (AvgIpc) is 3.48. The maximum absolute atomic E-state index is 14.7. The maximum Gasteiger partial charge on any atom is 0.309 e. The zero-order chi connectivity index (χ0) is 26.2. The number of benzene rings is 1. The Morgan fingerprint density at radius 1 is 1.19 bits per heavy atom. The summed E-state index contributed by atoms with van der Waals surface area (Å²) in [6.45, 7) is 5.79. The quantitative estimate of drug-likeness (QED) is 0.382. The van der Waals surface area contributed by atoms with Crippen LogP contribution in [0.15, 0.2) is 47.3 Å². The van der Waals surface area contributed by atoms with Gasteiger partial charge in [0.05, 0.1) is 23.6 Å². The van der Waals surface area contributed by atoms with E-state index in [0.717, 1.165) is 22.4 Å². The molecule has 0 radical (unpaired) electrons. The van der Waals surface area contributed by atoms with E-state index in [1.54, 1.807) is 23.1 Å². The Hall–Kier alpha value is -4.15. The molecule has 0 bridgehead atoms. The zero-order valence-corrected chi connectivity index (χ0v) is 21.2. The number of aromatic nitrogens is 6. The highest BCUT2D eigenvalue weighted by Crippen LogP contribution is 2.33. The minimum atomic E-state index is -1.01. The molecule has 0 saturated heterocycles. The second kappa shape index (κ2) is 9.72. The van der Waals surface area contributed by atoms with Crippen LogP contribution in [0, 0.1) is 0 Å². The summed E-state index contributed by atoms with van der Waals surface area (Å²) in [6.07, 6.45) is 5.23. The van der Waals surface area contributed by atoms with Crippen LogP contribution in [0.2, 0.25) is 0 Å². The van der Waals surface area contributed by atoms with Crippen LogP contribution in [0.25, 0.3) is 11.3 Å². The van der Waals surface area contributed by atoms with Crippen LogP contribution in [-0.2, 0) is 18.9 Å². The third-order valence-corrected chi connectivity index (χ3v) is 6.21. The number of fused-ring (bicyclic) bond motifs is 1. The predicted octanol–water partition coefficient (Wildman–Crippen LogP) is 4.45. The molecule has 4 aromatic rings. The zero-order valence-electron chi connectivity index (χ0n) is 21.2. The number of carbonyl (C=O) groups excluding carboxylic acids is 1. The largest absolute Gasteiger partial charge is 0.416 e. The predicted molar refractivity (Wildman–Crippen MR) is 135 cm³/mol. The number of alkyl halides is 1. The SMILES string of the molecule is Cn1cc(Nc2nccc(-c3ccc4c(c3)C[C@H](F)CC[C@@H]4NC(=O)c3nnc(C(C)(C)C)o3)n2)cn1. The van der Waals surface area contributed by atoms with Crippen molar-refractivity contribution in [1.29, 1.82) is 0 Å². The first kappa shape index (κ1) is 24.5. The molecule has 1 aliphatic carbocycles. The molecular weight excluding hydrogens is 475 g/mol. The minimum Gasteiger partial charge on any atom is -0.416 e. The number of hydrogen-bond acceptors (Lipinski definition) is 8. The Kier molecular flexibility index (Phi) is 6.45. The van der Waals surface area contributed by atoms with Gasteiger partial charge in [-0.25, -0.2) is 14.4 Å². The summed E-state index contributed by atoms with van der Waals surface area (Å²) < 4.78 is 22.0. The molecule has 3 aromatic heterocycles. The molecule has 2 atom stereocenters. The van der Waals surface area contributed by atoms with Crippen molar-refractivity contribution in [3.63, 3.8) is 0 Å². The standard InChI is InChI=1S/C26H29FN8O2/c1-26(2,3)24-34-33-23(37-24)22(36)31-21-8-6-17(27)12-16-11-15(5-7-19(16)21)20-9-10-28-25(32-20)30-18-13-29-35(4)14-18/h5,7,9-11,13-14,17,21H,6,8,12H2,1-4H3,(H,31,36)(H,28,30,32)/t17-,21+/m1/s1. The number of aryl methyl sites for hydroxylation is 1. The molecule has 1 aliphatic rings. The molecule has 5 rings (SSSR count). The summed E-state index contributed by atoms with van der Waals surface area (Å²) in [5.41, 5.74) is 3.64. The lowest BCUT2D eigenvalue weighted by Gasteiger charge is -2.19. The molecule has 0 saturated carbocycles. The van der Waals surface area contributed by atoms with E-state index in [1.807, 2.05) is 52.2 Å². The number of rotatable bonds is 5. The van der Waals surface area contributed by atoms with Crippen LogP contribution in [0.5, 0.6) is 0 Å². The Morgan fingerprint density at radius 2 is 2.03 bits per heavy atom. The van der Waals surface area contributed by atoms with Gasteiger partial charge in [-0.05, 0) is 36.1 Å².